The Hall–Kier alpha value is -1.72. The molecule has 0 saturated heterocycles. The first-order chi connectivity index (χ1) is 9.87. The summed E-state index contributed by atoms with van der Waals surface area (Å²) in [6.07, 6.45) is 0.0707. The highest BCUT2D eigenvalue weighted by Crippen LogP contribution is 2.37. The number of rotatable bonds is 4. The number of carbonyl (C=O) groups is 1. The molecule has 0 aliphatic heterocycles. The highest BCUT2D eigenvalue weighted by atomic mass is 19.4. The van der Waals surface area contributed by atoms with Gasteiger partial charge in [0.1, 0.15) is 5.75 Å². The molecule has 21 heavy (non-hydrogen) atoms. The Labute approximate surface area is 120 Å². The lowest BCUT2D eigenvalue weighted by Gasteiger charge is -2.27. The van der Waals surface area contributed by atoms with Crippen LogP contribution in [0, 0.1) is 5.92 Å². The van der Waals surface area contributed by atoms with Crippen molar-refractivity contribution in [2.24, 2.45) is 5.92 Å². The van der Waals surface area contributed by atoms with E-state index in [9.17, 15) is 23.1 Å². The second-order valence-corrected chi connectivity index (χ2v) is 5.33. The van der Waals surface area contributed by atoms with Gasteiger partial charge in [-0.2, -0.15) is 0 Å². The number of hydrogen-bond donors (Lipinski definition) is 1. The zero-order valence-electron chi connectivity index (χ0n) is 11.4. The second kappa shape index (κ2) is 6.37. The summed E-state index contributed by atoms with van der Waals surface area (Å²) in [5.41, 5.74) is 0.531. The van der Waals surface area contributed by atoms with E-state index < -0.39 is 18.2 Å². The van der Waals surface area contributed by atoms with Crippen molar-refractivity contribution in [3.63, 3.8) is 0 Å². The predicted molar refractivity (Wildman–Crippen MR) is 70.1 cm³/mol. The van der Waals surface area contributed by atoms with Crippen LogP contribution >= 0.6 is 0 Å². The molecular formula is C15H17F3O3. The third-order valence-corrected chi connectivity index (χ3v) is 3.86. The molecule has 3 nitrogen and oxygen atoms in total. The Morgan fingerprint density at radius 2 is 1.71 bits per heavy atom. The maximum absolute atomic E-state index is 12.1. The number of hydrogen-bond acceptors (Lipinski definition) is 2. The van der Waals surface area contributed by atoms with Gasteiger partial charge in [0.2, 0.25) is 0 Å². The minimum Gasteiger partial charge on any atom is -0.481 e. The van der Waals surface area contributed by atoms with E-state index in [-0.39, 0.29) is 11.7 Å². The fraction of sp³-hybridized carbons (Fsp3) is 0.533. The van der Waals surface area contributed by atoms with Crippen LogP contribution in [0.2, 0.25) is 0 Å². The first-order valence-electron chi connectivity index (χ1n) is 6.95. The lowest BCUT2D eigenvalue weighted by molar-refractivity contribution is -0.274. The molecule has 1 aromatic carbocycles. The first-order valence-corrected chi connectivity index (χ1v) is 6.95. The Morgan fingerprint density at radius 3 is 2.19 bits per heavy atom. The summed E-state index contributed by atoms with van der Waals surface area (Å²) in [7, 11) is 0. The van der Waals surface area contributed by atoms with Crippen molar-refractivity contribution >= 4 is 5.97 Å². The van der Waals surface area contributed by atoms with Gasteiger partial charge in [-0.3, -0.25) is 4.79 Å². The van der Waals surface area contributed by atoms with Gasteiger partial charge in [-0.1, -0.05) is 31.4 Å². The molecular weight excluding hydrogens is 285 g/mol. The molecule has 0 radical (unpaired) electrons. The largest absolute Gasteiger partial charge is 0.573 e. The molecule has 1 N–H and O–H groups in total. The van der Waals surface area contributed by atoms with Crippen molar-refractivity contribution in [2.75, 3.05) is 0 Å². The summed E-state index contributed by atoms with van der Waals surface area (Å²) < 4.78 is 40.1. The van der Waals surface area contributed by atoms with Crippen molar-refractivity contribution in [1.82, 2.24) is 0 Å². The summed E-state index contributed by atoms with van der Waals surface area (Å²) >= 11 is 0. The quantitative estimate of drug-likeness (QED) is 0.900. The van der Waals surface area contributed by atoms with Crippen molar-refractivity contribution in [3.05, 3.63) is 29.8 Å². The van der Waals surface area contributed by atoms with Crippen molar-refractivity contribution in [1.29, 1.82) is 0 Å². The SMILES string of the molecule is O=C(O)C(c1ccc(OC(F)(F)F)cc1)C1CCCCC1. The summed E-state index contributed by atoms with van der Waals surface area (Å²) in [4.78, 5) is 11.5. The molecule has 1 aromatic rings. The fourth-order valence-electron chi connectivity index (χ4n) is 2.96. The van der Waals surface area contributed by atoms with Gasteiger partial charge in [0.15, 0.2) is 0 Å². The standard InChI is InChI=1S/C15H17F3O3/c16-15(17,18)21-12-8-6-11(7-9-12)13(14(19)20)10-4-2-1-3-5-10/h6-10,13H,1-5H2,(H,19,20). The maximum Gasteiger partial charge on any atom is 0.573 e. The zero-order chi connectivity index (χ0) is 15.5. The number of carboxylic acids is 1. The van der Waals surface area contributed by atoms with Gasteiger partial charge in [0, 0.05) is 0 Å². The zero-order valence-corrected chi connectivity index (χ0v) is 11.4. The van der Waals surface area contributed by atoms with Crippen LogP contribution in [0.3, 0.4) is 0 Å². The third kappa shape index (κ3) is 4.37. The Morgan fingerprint density at radius 1 is 1.14 bits per heavy atom. The summed E-state index contributed by atoms with van der Waals surface area (Å²) in [6.45, 7) is 0. The van der Waals surface area contributed by atoms with E-state index in [1.807, 2.05) is 0 Å². The lowest BCUT2D eigenvalue weighted by Crippen LogP contribution is -2.23. The number of carboxylic acid groups (broad SMARTS) is 1. The smallest absolute Gasteiger partial charge is 0.481 e. The number of alkyl halides is 3. The van der Waals surface area contributed by atoms with Gasteiger partial charge in [0.05, 0.1) is 5.92 Å². The van der Waals surface area contributed by atoms with Gasteiger partial charge in [0.25, 0.3) is 0 Å². The molecule has 0 aromatic heterocycles. The van der Waals surface area contributed by atoms with E-state index >= 15 is 0 Å². The molecule has 1 fully saturated rings. The second-order valence-electron chi connectivity index (χ2n) is 5.33. The normalized spacial score (nSPS) is 18.2. The van der Waals surface area contributed by atoms with Crippen LogP contribution in [-0.4, -0.2) is 17.4 Å². The molecule has 0 heterocycles. The Bertz CT molecular complexity index is 476. The van der Waals surface area contributed by atoms with E-state index in [4.69, 9.17) is 0 Å². The van der Waals surface area contributed by atoms with Crippen LogP contribution in [0.4, 0.5) is 13.2 Å². The molecule has 1 atom stereocenters. The monoisotopic (exact) mass is 302 g/mol. The van der Waals surface area contributed by atoms with E-state index in [0.717, 1.165) is 32.1 Å². The van der Waals surface area contributed by atoms with Crippen LogP contribution in [0.5, 0.6) is 5.75 Å². The summed E-state index contributed by atoms with van der Waals surface area (Å²) in [5.74, 6) is -1.87. The van der Waals surface area contributed by atoms with Gasteiger partial charge in [-0.15, -0.1) is 13.2 Å². The third-order valence-electron chi connectivity index (χ3n) is 3.86. The van der Waals surface area contributed by atoms with Gasteiger partial charge in [-0.25, -0.2) is 0 Å². The van der Waals surface area contributed by atoms with E-state index in [0.29, 0.717) is 5.56 Å². The first kappa shape index (κ1) is 15.7. The number of ether oxygens (including phenoxy) is 1. The minimum atomic E-state index is -4.74. The van der Waals surface area contributed by atoms with E-state index in [1.165, 1.54) is 24.3 Å². The topological polar surface area (TPSA) is 46.5 Å². The molecule has 116 valence electrons. The molecule has 0 bridgehead atoms. The van der Waals surface area contributed by atoms with Crippen LogP contribution < -0.4 is 4.74 Å². The molecule has 1 unspecified atom stereocenters. The van der Waals surface area contributed by atoms with Crippen LogP contribution in [0.15, 0.2) is 24.3 Å². The van der Waals surface area contributed by atoms with Gasteiger partial charge in [-0.05, 0) is 36.5 Å². The molecule has 6 heteroatoms. The van der Waals surface area contributed by atoms with Gasteiger partial charge >= 0.3 is 12.3 Å². The summed E-state index contributed by atoms with van der Waals surface area (Å²) in [6, 6.07) is 5.16. The van der Waals surface area contributed by atoms with Crippen LogP contribution in [0.1, 0.15) is 43.6 Å². The lowest BCUT2D eigenvalue weighted by atomic mass is 9.77. The Balaban J connectivity index is 2.15. The summed E-state index contributed by atoms with van der Waals surface area (Å²) in [5, 5.41) is 9.42. The predicted octanol–water partition coefficient (Wildman–Crippen LogP) is 4.33. The highest BCUT2D eigenvalue weighted by Gasteiger charge is 2.32. The highest BCUT2D eigenvalue weighted by molar-refractivity contribution is 5.76. The van der Waals surface area contributed by atoms with Crippen molar-refractivity contribution in [3.8, 4) is 5.75 Å². The van der Waals surface area contributed by atoms with Crippen molar-refractivity contribution < 1.29 is 27.8 Å². The van der Waals surface area contributed by atoms with E-state index in [2.05, 4.69) is 4.74 Å². The number of halogens is 3. The molecule has 1 saturated carbocycles. The minimum absolute atomic E-state index is 0.0469. The molecule has 2 rings (SSSR count). The molecule has 1 aliphatic carbocycles. The molecule has 0 amide bonds. The number of aliphatic carboxylic acids is 1. The van der Waals surface area contributed by atoms with Crippen molar-refractivity contribution in [2.45, 2.75) is 44.4 Å². The number of benzene rings is 1. The molecule has 1 aliphatic rings. The van der Waals surface area contributed by atoms with Crippen LogP contribution in [0.25, 0.3) is 0 Å². The van der Waals surface area contributed by atoms with E-state index in [1.54, 1.807) is 0 Å². The Kier molecular flexibility index (Phi) is 4.75. The average molecular weight is 302 g/mol. The molecule has 0 spiro atoms. The van der Waals surface area contributed by atoms with Gasteiger partial charge < -0.3 is 9.84 Å². The fourth-order valence-corrected chi connectivity index (χ4v) is 2.96. The average Bonchev–Trinajstić information content (AvgIpc) is 2.40. The van der Waals surface area contributed by atoms with Crippen LogP contribution in [-0.2, 0) is 4.79 Å². The maximum atomic E-state index is 12.1.